The number of carbonyl (C=O) groups is 2. The van der Waals surface area contributed by atoms with Crippen LogP contribution in [-0.4, -0.2) is 29.1 Å². The van der Waals surface area contributed by atoms with E-state index in [4.69, 9.17) is 5.73 Å². The Bertz CT molecular complexity index is 733. The van der Waals surface area contributed by atoms with Crippen molar-refractivity contribution < 1.29 is 23.5 Å². The normalized spacial score (nSPS) is 13.1. The van der Waals surface area contributed by atoms with Crippen LogP contribution in [0.5, 0.6) is 0 Å². The lowest BCUT2D eigenvalue weighted by Gasteiger charge is -2.18. The molecule has 132 valence electrons. The standard InChI is InChI=1S/C18H18F2N2O3/c19-13-5-1-11(2-6-13)9-15(21)17(23)22-16(18(24)25)10-12-3-7-14(20)8-4-12/h1-8,15-16H,9-10,21H2,(H,22,23)(H,24,25). The van der Waals surface area contributed by atoms with Crippen molar-refractivity contribution in [2.24, 2.45) is 5.73 Å². The Morgan fingerprint density at radius 2 is 1.36 bits per heavy atom. The number of amides is 1. The summed E-state index contributed by atoms with van der Waals surface area (Å²) in [6.45, 7) is 0. The molecule has 0 saturated carbocycles. The fourth-order valence-corrected chi connectivity index (χ4v) is 2.30. The summed E-state index contributed by atoms with van der Waals surface area (Å²) in [5.74, 6) is -2.67. The SMILES string of the molecule is NC(Cc1ccc(F)cc1)C(=O)NC(Cc1ccc(F)cc1)C(=O)O. The van der Waals surface area contributed by atoms with Gasteiger partial charge in [-0.15, -0.1) is 0 Å². The zero-order valence-corrected chi connectivity index (χ0v) is 13.3. The lowest BCUT2D eigenvalue weighted by atomic mass is 10.0. The third kappa shape index (κ3) is 5.65. The topological polar surface area (TPSA) is 92.4 Å². The second-order valence-electron chi connectivity index (χ2n) is 5.67. The number of hydrogen-bond donors (Lipinski definition) is 3. The first-order valence-corrected chi connectivity index (χ1v) is 7.63. The summed E-state index contributed by atoms with van der Waals surface area (Å²) >= 11 is 0. The summed E-state index contributed by atoms with van der Waals surface area (Å²) in [6.07, 6.45) is 0.152. The fourth-order valence-electron chi connectivity index (χ4n) is 2.30. The molecule has 0 aliphatic carbocycles. The van der Waals surface area contributed by atoms with Gasteiger partial charge in [0.15, 0.2) is 0 Å². The van der Waals surface area contributed by atoms with E-state index in [1.807, 2.05) is 0 Å². The van der Waals surface area contributed by atoms with Gasteiger partial charge in [-0.1, -0.05) is 24.3 Å². The van der Waals surface area contributed by atoms with E-state index in [2.05, 4.69) is 5.32 Å². The second-order valence-corrected chi connectivity index (χ2v) is 5.67. The lowest BCUT2D eigenvalue weighted by Crippen LogP contribution is -2.50. The molecular formula is C18H18F2N2O3. The quantitative estimate of drug-likeness (QED) is 0.709. The van der Waals surface area contributed by atoms with Crippen LogP contribution in [0, 0.1) is 11.6 Å². The van der Waals surface area contributed by atoms with E-state index in [0.29, 0.717) is 11.1 Å². The smallest absolute Gasteiger partial charge is 0.326 e. The van der Waals surface area contributed by atoms with E-state index in [9.17, 15) is 23.5 Å². The fraction of sp³-hybridized carbons (Fsp3) is 0.222. The van der Waals surface area contributed by atoms with E-state index in [1.165, 1.54) is 48.5 Å². The Hall–Kier alpha value is -2.80. The first-order chi connectivity index (χ1) is 11.8. The molecule has 5 nitrogen and oxygen atoms in total. The van der Waals surface area contributed by atoms with Crippen molar-refractivity contribution >= 4 is 11.9 Å². The molecule has 0 aliphatic rings. The molecule has 4 N–H and O–H groups in total. The van der Waals surface area contributed by atoms with E-state index < -0.39 is 35.6 Å². The summed E-state index contributed by atoms with van der Waals surface area (Å²) in [7, 11) is 0. The summed E-state index contributed by atoms with van der Waals surface area (Å²) in [5, 5.41) is 11.6. The highest BCUT2D eigenvalue weighted by Gasteiger charge is 2.23. The molecule has 2 aromatic rings. The van der Waals surface area contributed by atoms with Gasteiger partial charge < -0.3 is 16.2 Å². The van der Waals surface area contributed by atoms with Gasteiger partial charge in [0, 0.05) is 6.42 Å². The number of benzene rings is 2. The zero-order chi connectivity index (χ0) is 18.4. The molecule has 7 heteroatoms. The van der Waals surface area contributed by atoms with Gasteiger partial charge in [-0.25, -0.2) is 13.6 Å². The van der Waals surface area contributed by atoms with Gasteiger partial charge in [0.2, 0.25) is 5.91 Å². The summed E-state index contributed by atoms with van der Waals surface area (Å²) < 4.78 is 25.8. The predicted molar refractivity (Wildman–Crippen MR) is 87.7 cm³/mol. The van der Waals surface area contributed by atoms with Crippen LogP contribution >= 0.6 is 0 Å². The van der Waals surface area contributed by atoms with Gasteiger partial charge >= 0.3 is 5.97 Å². The monoisotopic (exact) mass is 348 g/mol. The van der Waals surface area contributed by atoms with Crippen molar-refractivity contribution in [3.8, 4) is 0 Å². The number of rotatable bonds is 7. The van der Waals surface area contributed by atoms with Gasteiger partial charge in [-0.3, -0.25) is 4.79 Å². The Morgan fingerprint density at radius 1 is 0.920 bits per heavy atom. The third-order valence-electron chi connectivity index (χ3n) is 3.67. The van der Waals surface area contributed by atoms with Gasteiger partial charge in [-0.05, 0) is 41.8 Å². The van der Waals surface area contributed by atoms with Gasteiger partial charge in [0.25, 0.3) is 0 Å². The average molecular weight is 348 g/mol. The van der Waals surface area contributed by atoms with Crippen LogP contribution in [0.15, 0.2) is 48.5 Å². The maximum absolute atomic E-state index is 12.9. The largest absolute Gasteiger partial charge is 0.480 e. The first-order valence-electron chi connectivity index (χ1n) is 7.63. The van der Waals surface area contributed by atoms with E-state index in [1.54, 1.807) is 0 Å². The minimum atomic E-state index is -1.22. The molecule has 2 rings (SSSR count). The van der Waals surface area contributed by atoms with Crippen molar-refractivity contribution in [3.63, 3.8) is 0 Å². The Morgan fingerprint density at radius 3 is 1.80 bits per heavy atom. The molecule has 0 radical (unpaired) electrons. The highest BCUT2D eigenvalue weighted by molar-refractivity contribution is 5.87. The van der Waals surface area contributed by atoms with Gasteiger partial charge in [0.05, 0.1) is 6.04 Å². The Balaban J connectivity index is 1.97. The van der Waals surface area contributed by atoms with Crippen LogP contribution in [0.2, 0.25) is 0 Å². The number of nitrogens with two attached hydrogens (primary N) is 1. The highest BCUT2D eigenvalue weighted by Crippen LogP contribution is 2.08. The molecule has 25 heavy (non-hydrogen) atoms. The molecule has 2 atom stereocenters. The molecule has 2 unspecified atom stereocenters. The van der Waals surface area contributed by atoms with E-state index in [-0.39, 0.29) is 12.8 Å². The van der Waals surface area contributed by atoms with Crippen LogP contribution in [0.1, 0.15) is 11.1 Å². The number of aliphatic carboxylic acids is 1. The molecule has 0 saturated heterocycles. The van der Waals surface area contributed by atoms with Crippen LogP contribution in [0.3, 0.4) is 0 Å². The van der Waals surface area contributed by atoms with Crippen LogP contribution in [0.25, 0.3) is 0 Å². The predicted octanol–water partition coefficient (Wildman–Crippen LogP) is 1.65. The zero-order valence-electron chi connectivity index (χ0n) is 13.3. The summed E-state index contributed by atoms with van der Waals surface area (Å²) in [4.78, 5) is 23.5. The molecule has 0 fully saturated rings. The molecule has 0 aromatic heterocycles. The summed E-state index contributed by atoms with van der Waals surface area (Å²) in [6, 6.07) is 8.73. The van der Waals surface area contributed by atoms with Crippen molar-refractivity contribution in [1.82, 2.24) is 5.32 Å². The average Bonchev–Trinajstić information content (AvgIpc) is 2.58. The number of carbonyl (C=O) groups excluding carboxylic acids is 1. The molecule has 2 aromatic carbocycles. The number of carboxylic acids is 1. The maximum Gasteiger partial charge on any atom is 0.326 e. The minimum absolute atomic E-state index is 0.00458. The Labute approximate surface area is 143 Å². The number of halogens is 2. The van der Waals surface area contributed by atoms with Crippen molar-refractivity contribution in [1.29, 1.82) is 0 Å². The van der Waals surface area contributed by atoms with Crippen LogP contribution < -0.4 is 11.1 Å². The third-order valence-corrected chi connectivity index (χ3v) is 3.67. The number of hydrogen-bond acceptors (Lipinski definition) is 3. The Kier molecular flexibility index (Phi) is 6.19. The highest BCUT2D eigenvalue weighted by atomic mass is 19.1. The molecule has 0 bridgehead atoms. The first kappa shape index (κ1) is 18.5. The van der Waals surface area contributed by atoms with Crippen molar-refractivity contribution in [2.45, 2.75) is 24.9 Å². The molecular weight excluding hydrogens is 330 g/mol. The van der Waals surface area contributed by atoms with Crippen LogP contribution in [-0.2, 0) is 22.4 Å². The van der Waals surface area contributed by atoms with Crippen molar-refractivity contribution in [2.75, 3.05) is 0 Å². The number of carboxylic acid groups (broad SMARTS) is 1. The van der Waals surface area contributed by atoms with E-state index >= 15 is 0 Å². The molecule has 1 amide bonds. The van der Waals surface area contributed by atoms with Gasteiger partial charge in [0.1, 0.15) is 17.7 Å². The molecule has 0 aliphatic heterocycles. The van der Waals surface area contributed by atoms with E-state index in [0.717, 1.165) is 0 Å². The lowest BCUT2D eigenvalue weighted by molar-refractivity contribution is -0.141. The minimum Gasteiger partial charge on any atom is -0.480 e. The molecule has 0 spiro atoms. The second kappa shape index (κ2) is 8.34. The molecule has 0 heterocycles. The number of nitrogens with one attached hydrogen (secondary N) is 1. The van der Waals surface area contributed by atoms with Crippen LogP contribution in [0.4, 0.5) is 8.78 Å². The summed E-state index contributed by atoms with van der Waals surface area (Å²) in [5.41, 5.74) is 7.03. The van der Waals surface area contributed by atoms with Crippen molar-refractivity contribution in [3.05, 3.63) is 71.3 Å². The maximum atomic E-state index is 12.9. The van der Waals surface area contributed by atoms with Gasteiger partial charge in [-0.2, -0.15) is 0 Å².